The monoisotopic (exact) mass is 711 g/mol. The number of aromatic amines is 1. The topological polar surface area (TPSA) is 168 Å². The summed E-state index contributed by atoms with van der Waals surface area (Å²) in [6.45, 7) is 3.46. The molecule has 1 aliphatic heterocycles. The smallest absolute Gasteiger partial charge is 0.338 e. The zero-order valence-electron chi connectivity index (χ0n) is 27.2. The number of nitro benzene ring substituents is 1. The Balaban J connectivity index is 1.63. The zero-order chi connectivity index (χ0) is 35.5. The molecule has 0 unspecified atom stereocenters. The third-order valence-electron chi connectivity index (χ3n) is 7.64. The van der Waals surface area contributed by atoms with Gasteiger partial charge >= 0.3 is 5.97 Å². The molecule has 0 saturated heterocycles. The van der Waals surface area contributed by atoms with Gasteiger partial charge in [0.05, 0.1) is 47.6 Å². The molecule has 6 rings (SSSR count). The van der Waals surface area contributed by atoms with Gasteiger partial charge in [-0.05, 0) is 49.2 Å². The highest BCUT2D eigenvalue weighted by Crippen LogP contribution is 2.38. The van der Waals surface area contributed by atoms with Crippen LogP contribution in [0.15, 0.2) is 103 Å². The highest BCUT2D eigenvalue weighted by atomic mass is 32.2. The molecule has 0 amide bonds. The molecule has 15 heteroatoms. The van der Waals surface area contributed by atoms with E-state index in [0.29, 0.717) is 44.5 Å². The Hall–Kier alpha value is -5.80. The molecule has 0 radical (unpaired) electrons. The number of hydrogen-bond acceptors (Lipinski definition) is 12. The van der Waals surface area contributed by atoms with Crippen LogP contribution in [0.5, 0.6) is 11.5 Å². The summed E-state index contributed by atoms with van der Waals surface area (Å²) in [6.07, 6.45) is 1.54. The molecule has 1 N–H and O–H groups in total. The van der Waals surface area contributed by atoms with Crippen molar-refractivity contribution in [1.82, 2.24) is 14.5 Å². The molecule has 0 bridgehead atoms. The summed E-state index contributed by atoms with van der Waals surface area (Å²) in [6, 6.07) is 18.8. The second-order valence-electron chi connectivity index (χ2n) is 10.8. The number of hydrogen-bond donors (Lipinski definition) is 1. The maximum Gasteiger partial charge on any atom is 0.338 e. The lowest BCUT2D eigenvalue weighted by Crippen LogP contribution is -2.40. The van der Waals surface area contributed by atoms with Crippen LogP contribution >= 0.6 is 23.1 Å². The van der Waals surface area contributed by atoms with E-state index < -0.39 is 22.5 Å². The minimum atomic E-state index is -0.997. The second-order valence-corrected chi connectivity index (χ2v) is 12.9. The van der Waals surface area contributed by atoms with Crippen molar-refractivity contribution in [1.29, 1.82) is 0 Å². The first-order valence-corrected chi connectivity index (χ1v) is 16.8. The van der Waals surface area contributed by atoms with Gasteiger partial charge in [0, 0.05) is 34.4 Å². The van der Waals surface area contributed by atoms with Crippen LogP contribution < -0.4 is 29.9 Å². The van der Waals surface area contributed by atoms with Crippen molar-refractivity contribution in [2.45, 2.75) is 29.9 Å². The Kier molecular flexibility index (Phi) is 9.79. The van der Waals surface area contributed by atoms with Crippen LogP contribution in [0.3, 0.4) is 0 Å². The molecule has 1 aliphatic rings. The number of thiazole rings is 1. The number of esters is 1. The molecule has 50 heavy (non-hydrogen) atoms. The predicted octanol–water partition coefficient (Wildman–Crippen LogP) is 4.40. The van der Waals surface area contributed by atoms with Gasteiger partial charge in [-0.3, -0.25) is 24.3 Å². The number of nitrogens with one attached hydrogen (secondary N) is 1. The molecular weight excluding hydrogens is 683 g/mol. The molecule has 0 saturated carbocycles. The predicted molar refractivity (Wildman–Crippen MR) is 187 cm³/mol. The number of carbonyl (C=O) groups excluding carboxylic acids is 1. The summed E-state index contributed by atoms with van der Waals surface area (Å²) in [5, 5.41) is 12.1. The number of rotatable bonds is 10. The number of aryl methyl sites for hydroxylation is 1. The summed E-state index contributed by atoms with van der Waals surface area (Å²) in [4.78, 5) is 64.4. The Morgan fingerprint density at radius 1 is 1.06 bits per heavy atom. The van der Waals surface area contributed by atoms with Crippen molar-refractivity contribution in [2.24, 2.45) is 4.99 Å². The van der Waals surface area contributed by atoms with Crippen molar-refractivity contribution in [3.05, 3.63) is 141 Å². The third kappa shape index (κ3) is 6.73. The largest absolute Gasteiger partial charge is 0.493 e. The standard InChI is InChI=1S/C35H29N5O8S2/c1-5-48-33(43)29-30(20-9-7-6-8-10-20)38-35-39(31(29)21-11-13-24(46-3)25(17-21)47-4)32(42)27(50-35)18-22-16-23(40(44)45)12-14-26(22)49-34-36-19(2)15-28(41)37-34/h6-18,31H,5H2,1-4H3,(H,36,37,41)/b27-18+/t31-/m0/s1. The van der Waals surface area contributed by atoms with Gasteiger partial charge in [0.15, 0.2) is 21.5 Å². The normalized spacial score (nSPS) is 14.2. The number of methoxy groups -OCH3 is 2. The molecule has 3 heterocycles. The van der Waals surface area contributed by atoms with Crippen LogP contribution in [0.25, 0.3) is 11.8 Å². The third-order valence-corrected chi connectivity index (χ3v) is 9.60. The van der Waals surface area contributed by atoms with Gasteiger partial charge in [0.25, 0.3) is 16.8 Å². The van der Waals surface area contributed by atoms with E-state index in [0.717, 1.165) is 23.1 Å². The van der Waals surface area contributed by atoms with Gasteiger partial charge in [-0.1, -0.05) is 59.5 Å². The fourth-order valence-electron chi connectivity index (χ4n) is 5.48. The number of carbonyl (C=O) groups is 1. The molecular formula is C35H29N5O8S2. The van der Waals surface area contributed by atoms with E-state index in [1.807, 2.05) is 30.3 Å². The van der Waals surface area contributed by atoms with E-state index >= 15 is 0 Å². The van der Waals surface area contributed by atoms with Crippen LogP contribution in [0.2, 0.25) is 0 Å². The summed E-state index contributed by atoms with van der Waals surface area (Å²) in [7, 11) is 2.99. The van der Waals surface area contributed by atoms with Crippen molar-refractivity contribution in [3.8, 4) is 11.5 Å². The first-order chi connectivity index (χ1) is 24.1. The number of benzene rings is 3. The van der Waals surface area contributed by atoms with E-state index in [-0.39, 0.29) is 37.9 Å². The molecule has 0 fully saturated rings. The first kappa shape index (κ1) is 34.1. The fraction of sp³-hybridized carbons (Fsp3) is 0.171. The first-order valence-electron chi connectivity index (χ1n) is 15.2. The van der Waals surface area contributed by atoms with Gasteiger partial charge in [-0.25, -0.2) is 14.8 Å². The highest BCUT2D eigenvalue weighted by Gasteiger charge is 2.35. The number of aromatic nitrogens is 3. The number of ether oxygens (including phenoxy) is 3. The van der Waals surface area contributed by atoms with Crippen molar-refractivity contribution < 1.29 is 23.9 Å². The van der Waals surface area contributed by atoms with Crippen LogP contribution in [-0.2, 0) is 9.53 Å². The Morgan fingerprint density at radius 3 is 2.50 bits per heavy atom. The number of nitrogens with zero attached hydrogens (tertiary/aromatic N) is 4. The molecule has 3 aromatic carbocycles. The second kappa shape index (κ2) is 14.4. The Bertz CT molecular complexity index is 2420. The quantitative estimate of drug-likeness (QED) is 0.0949. The highest BCUT2D eigenvalue weighted by molar-refractivity contribution is 7.99. The molecule has 254 valence electrons. The fourth-order valence-corrected chi connectivity index (χ4v) is 7.39. The van der Waals surface area contributed by atoms with Crippen molar-refractivity contribution >= 4 is 46.5 Å². The summed E-state index contributed by atoms with van der Waals surface area (Å²) < 4.78 is 18.2. The Labute approximate surface area is 292 Å². The molecule has 1 atom stereocenters. The SMILES string of the molecule is CCOC(=O)C1=C(c2ccccc2)N=c2s/c(=C/c3cc([N+](=O)[O-])ccc3Sc3nc(C)cc(=O)[nH]3)c(=O)n2[C@H]1c1ccc(OC)c(OC)c1. The van der Waals surface area contributed by atoms with Gasteiger partial charge in [-0.2, -0.15) is 0 Å². The van der Waals surface area contributed by atoms with E-state index in [4.69, 9.17) is 19.2 Å². The molecule has 2 aromatic heterocycles. The van der Waals surface area contributed by atoms with Crippen molar-refractivity contribution in [3.63, 3.8) is 0 Å². The van der Waals surface area contributed by atoms with Crippen LogP contribution in [-0.4, -0.2) is 46.3 Å². The molecule has 13 nitrogen and oxygen atoms in total. The Morgan fingerprint density at radius 2 is 1.82 bits per heavy atom. The summed E-state index contributed by atoms with van der Waals surface area (Å²) >= 11 is 2.16. The number of non-ortho nitro benzene ring substituents is 1. The van der Waals surface area contributed by atoms with E-state index in [9.17, 15) is 24.5 Å². The van der Waals surface area contributed by atoms with Crippen LogP contribution in [0, 0.1) is 17.0 Å². The van der Waals surface area contributed by atoms with Crippen LogP contribution in [0.1, 0.15) is 35.3 Å². The lowest BCUT2D eigenvalue weighted by Gasteiger charge is -2.26. The summed E-state index contributed by atoms with van der Waals surface area (Å²) in [5.74, 6) is 0.185. The van der Waals surface area contributed by atoms with Crippen LogP contribution in [0.4, 0.5) is 5.69 Å². The average molecular weight is 712 g/mol. The minimum absolute atomic E-state index is 0.0851. The molecule has 0 aliphatic carbocycles. The maximum atomic E-state index is 14.5. The minimum Gasteiger partial charge on any atom is -0.493 e. The maximum absolute atomic E-state index is 14.5. The molecule has 0 spiro atoms. The van der Waals surface area contributed by atoms with Gasteiger partial charge < -0.3 is 19.2 Å². The number of H-pyrrole nitrogens is 1. The average Bonchev–Trinajstić information content (AvgIpc) is 3.41. The van der Waals surface area contributed by atoms with Crippen molar-refractivity contribution in [2.75, 3.05) is 20.8 Å². The lowest BCUT2D eigenvalue weighted by atomic mass is 9.93. The van der Waals surface area contributed by atoms with Gasteiger partial charge in [-0.15, -0.1) is 0 Å². The number of fused-ring (bicyclic) bond motifs is 1. The number of nitro groups is 1. The van der Waals surface area contributed by atoms with Gasteiger partial charge in [0.1, 0.15) is 0 Å². The lowest BCUT2D eigenvalue weighted by molar-refractivity contribution is -0.384. The zero-order valence-corrected chi connectivity index (χ0v) is 28.8. The molecule has 5 aromatic rings. The van der Waals surface area contributed by atoms with E-state index in [1.54, 1.807) is 32.0 Å². The summed E-state index contributed by atoms with van der Waals surface area (Å²) in [5.41, 5.74) is 1.44. The van der Waals surface area contributed by atoms with Gasteiger partial charge in [0.2, 0.25) is 0 Å². The van der Waals surface area contributed by atoms with E-state index in [1.165, 1.54) is 49.1 Å². The van der Waals surface area contributed by atoms with E-state index in [2.05, 4.69) is 9.97 Å².